The second-order valence-corrected chi connectivity index (χ2v) is 6.46. The molecular formula is C21H20O9. The number of hydrogen-bond donors (Lipinski definition) is 1. The summed E-state index contributed by atoms with van der Waals surface area (Å²) in [5.74, 6) is -1.44. The van der Waals surface area contributed by atoms with Crippen molar-refractivity contribution in [1.82, 2.24) is 0 Å². The Bertz CT molecular complexity index is 1010. The maximum Gasteiger partial charge on any atom is 0.308 e. The molecule has 9 nitrogen and oxygen atoms in total. The number of esters is 2. The Kier molecular flexibility index (Phi) is 5.81. The Morgan fingerprint density at radius 2 is 1.73 bits per heavy atom. The Morgan fingerprint density at radius 3 is 2.33 bits per heavy atom. The zero-order chi connectivity index (χ0) is 22.0. The number of phenols is 1. The van der Waals surface area contributed by atoms with Crippen LogP contribution in [0.15, 0.2) is 30.3 Å². The highest BCUT2D eigenvalue weighted by Crippen LogP contribution is 2.44. The third-order valence-corrected chi connectivity index (χ3v) is 4.39. The number of hydrogen-bond acceptors (Lipinski definition) is 9. The minimum atomic E-state index is -1.35. The normalized spacial score (nSPS) is 17.4. The van der Waals surface area contributed by atoms with Gasteiger partial charge in [0.15, 0.2) is 17.6 Å². The average Bonchev–Trinajstić information content (AvgIpc) is 2.69. The molecule has 0 aromatic heterocycles. The van der Waals surface area contributed by atoms with Gasteiger partial charge in [-0.2, -0.15) is 0 Å². The topological polar surface area (TPSA) is 118 Å². The van der Waals surface area contributed by atoms with Crippen LogP contribution < -0.4 is 18.9 Å². The number of aromatic hydroxyl groups is 1. The van der Waals surface area contributed by atoms with E-state index >= 15 is 0 Å². The Labute approximate surface area is 172 Å². The fourth-order valence-electron chi connectivity index (χ4n) is 3.15. The van der Waals surface area contributed by atoms with Gasteiger partial charge in [0.1, 0.15) is 22.8 Å². The maximum absolute atomic E-state index is 13.1. The lowest BCUT2D eigenvalue weighted by Crippen LogP contribution is -2.39. The van der Waals surface area contributed by atoms with Gasteiger partial charge in [-0.25, -0.2) is 0 Å². The molecule has 0 spiro atoms. The van der Waals surface area contributed by atoms with E-state index < -0.39 is 29.9 Å². The van der Waals surface area contributed by atoms with Crippen LogP contribution in [0.3, 0.4) is 0 Å². The van der Waals surface area contributed by atoms with Crippen molar-refractivity contribution in [3.05, 3.63) is 41.5 Å². The molecule has 9 heteroatoms. The van der Waals surface area contributed by atoms with Crippen LogP contribution in [-0.2, 0) is 14.3 Å². The monoisotopic (exact) mass is 416 g/mol. The fraction of sp³-hybridized carbons (Fsp3) is 0.286. The molecule has 30 heavy (non-hydrogen) atoms. The molecule has 0 aliphatic carbocycles. The largest absolute Gasteiger partial charge is 0.507 e. The van der Waals surface area contributed by atoms with Crippen LogP contribution in [-0.4, -0.2) is 43.2 Å². The number of rotatable bonds is 5. The first-order valence-electron chi connectivity index (χ1n) is 8.90. The molecule has 0 bridgehead atoms. The van der Waals surface area contributed by atoms with Crippen molar-refractivity contribution in [3.63, 3.8) is 0 Å². The van der Waals surface area contributed by atoms with Gasteiger partial charge in [0.2, 0.25) is 11.9 Å². The molecule has 1 aliphatic rings. The van der Waals surface area contributed by atoms with Gasteiger partial charge in [0, 0.05) is 31.5 Å². The molecule has 1 aliphatic heterocycles. The maximum atomic E-state index is 13.1. The van der Waals surface area contributed by atoms with Crippen LogP contribution in [0.25, 0.3) is 0 Å². The van der Waals surface area contributed by atoms with Crippen LogP contribution in [0, 0.1) is 0 Å². The molecule has 2 aromatic carbocycles. The number of phenolic OH excluding ortho intramolecular Hbond substituents is 1. The second kappa shape index (κ2) is 8.32. The number of methoxy groups -OCH3 is 2. The van der Waals surface area contributed by atoms with Gasteiger partial charge < -0.3 is 28.8 Å². The molecule has 0 saturated carbocycles. The Morgan fingerprint density at radius 1 is 1.00 bits per heavy atom. The third-order valence-electron chi connectivity index (χ3n) is 4.39. The van der Waals surface area contributed by atoms with Crippen LogP contribution in [0.1, 0.15) is 35.9 Å². The number of carbonyl (C=O) groups excluding carboxylic acids is 3. The van der Waals surface area contributed by atoms with Crippen molar-refractivity contribution in [3.8, 4) is 28.7 Å². The highest BCUT2D eigenvalue weighted by atomic mass is 16.6. The van der Waals surface area contributed by atoms with Crippen LogP contribution in [0.2, 0.25) is 0 Å². The van der Waals surface area contributed by atoms with Gasteiger partial charge >= 0.3 is 11.9 Å². The molecule has 2 atom stereocenters. The fourth-order valence-corrected chi connectivity index (χ4v) is 3.15. The van der Waals surface area contributed by atoms with E-state index in [-0.39, 0.29) is 34.3 Å². The lowest BCUT2D eigenvalue weighted by molar-refractivity contribution is -0.149. The van der Waals surface area contributed by atoms with Crippen molar-refractivity contribution in [2.45, 2.75) is 26.1 Å². The lowest BCUT2D eigenvalue weighted by Gasteiger charge is -2.32. The first-order valence-corrected chi connectivity index (χ1v) is 8.90. The van der Waals surface area contributed by atoms with E-state index in [2.05, 4.69) is 0 Å². The van der Waals surface area contributed by atoms with E-state index in [9.17, 15) is 19.5 Å². The summed E-state index contributed by atoms with van der Waals surface area (Å²) in [6.07, 6.45) is -2.39. The number of ether oxygens (including phenoxy) is 5. The summed E-state index contributed by atoms with van der Waals surface area (Å²) in [6.45, 7) is 2.42. The molecule has 0 fully saturated rings. The minimum Gasteiger partial charge on any atom is -0.507 e. The van der Waals surface area contributed by atoms with Crippen molar-refractivity contribution in [2.75, 3.05) is 14.2 Å². The lowest BCUT2D eigenvalue weighted by atomic mass is 9.92. The van der Waals surface area contributed by atoms with Crippen LogP contribution in [0.5, 0.6) is 28.7 Å². The zero-order valence-electron chi connectivity index (χ0n) is 16.8. The molecule has 2 aromatic rings. The summed E-state index contributed by atoms with van der Waals surface area (Å²) >= 11 is 0. The first-order chi connectivity index (χ1) is 14.2. The first kappa shape index (κ1) is 21.0. The second-order valence-electron chi connectivity index (χ2n) is 6.46. The molecule has 158 valence electrons. The highest BCUT2D eigenvalue weighted by molar-refractivity contribution is 6.06. The molecule has 1 N–H and O–H groups in total. The number of Topliss-reactive ketones (excluding diaryl/α,β-unsaturated/α-hetero) is 1. The van der Waals surface area contributed by atoms with E-state index in [0.29, 0.717) is 5.56 Å². The summed E-state index contributed by atoms with van der Waals surface area (Å²) in [7, 11) is 2.80. The quantitative estimate of drug-likeness (QED) is 0.579. The summed E-state index contributed by atoms with van der Waals surface area (Å²) in [5.41, 5.74) is 0.317. The summed E-state index contributed by atoms with van der Waals surface area (Å²) < 4.78 is 26.6. The highest BCUT2D eigenvalue weighted by Gasteiger charge is 2.43. The predicted octanol–water partition coefficient (Wildman–Crippen LogP) is 2.58. The van der Waals surface area contributed by atoms with Crippen molar-refractivity contribution >= 4 is 17.7 Å². The minimum absolute atomic E-state index is 0.0771. The van der Waals surface area contributed by atoms with E-state index in [4.69, 9.17) is 23.7 Å². The number of benzene rings is 2. The molecule has 0 saturated heterocycles. The van der Waals surface area contributed by atoms with Crippen LogP contribution in [0.4, 0.5) is 0 Å². The van der Waals surface area contributed by atoms with Crippen LogP contribution >= 0.6 is 0 Å². The van der Waals surface area contributed by atoms with Gasteiger partial charge in [-0.05, 0) is 12.1 Å². The number of carbonyl (C=O) groups is 3. The van der Waals surface area contributed by atoms with Gasteiger partial charge in [-0.1, -0.05) is 6.07 Å². The molecule has 1 heterocycles. The smallest absolute Gasteiger partial charge is 0.308 e. The van der Waals surface area contributed by atoms with E-state index in [1.807, 2.05) is 0 Å². The number of fused-ring (bicyclic) bond motifs is 1. The van der Waals surface area contributed by atoms with Crippen molar-refractivity contribution in [2.24, 2.45) is 0 Å². The van der Waals surface area contributed by atoms with Gasteiger partial charge in [0.25, 0.3) is 0 Å². The van der Waals surface area contributed by atoms with E-state index in [0.717, 1.165) is 6.92 Å². The summed E-state index contributed by atoms with van der Waals surface area (Å²) in [5, 5.41) is 10.3. The van der Waals surface area contributed by atoms with Gasteiger partial charge in [0.05, 0.1) is 14.2 Å². The van der Waals surface area contributed by atoms with E-state index in [1.54, 1.807) is 6.07 Å². The average molecular weight is 416 g/mol. The Balaban J connectivity index is 2.10. The number of ketones is 1. The zero-order valence-corrected chi connectivity index (χ0v) is 16.8. The summed E-state index contributed by atoms with van der Waals surface area (Å²) in [4.78, 5) is 36.0. The molecule has 0 radical (unpaired) electrons. The molecule has 3 rings (SSSR count). The molecule has 2 unspecified atom stereocenters. The standard InChI is InChI=1S/C21H20O9/c1-10(22)28-15-6-5-12(7-16(15)27-4)20-21(29-11(2)23)19(25)18-14(24)8-13(26-3)9-17(18)30-20/h5-9,20-21,24H,1-4H3. The van der Waals surface area contributed by atoms with Crippen molar-refractivity contribution < 1.29 is 43.2 Å². The summed E-state index contributed by atoms with van der Waals surface area (Å²) in [6, 6.07) is 7.27. The van der Waals surface area contributed by atoms with Gasteiger partial charge in [-0.3, -0.25) is 14.4 Å². The molecular weight excluding hydrogens is 396 g/mol. The predicted molar refractivity (Wildman–Crippen MR) is 102 cm³/mol. The van der Waals surface area contributed by atoms with Crippen molar-refractivity contribution in [1.29, 1.82) is 0 Å². The molecule has 0 amide bonds. The Hall–Kier alpha value is -3.75. The third kappa shape index (κ3) is 4.00. The SMILES string of the molecule is COc1cc(O)c2c(c1)OC(c1ccc(OC(C)=O)c(OC)c1)C(OC(C)=O)C2=O. The van der Waals surface area contributed by atoms with Gasteiger partial charge in [-0.15, -0.1) is 0 Å². The van der Waals surface area contributed by atoms with E-state index in [1.165, 1.54) is 45.4 Å².